The topological polar surface area (TPSA) is 40.5 Å². The molecule has 1 aromatic rings. The number of hydrogen-bond acceptors (Lipinski definition) is 2. The van der Waals surface area contributed by atoms with Crippen LogP contribution in [0, 0.1) is 13.8 Å². The van der Waals surface area contributed by atoms with E-state index in [-0.39, 0.29) is 5.88 Å². The van der Waals surface area contributed by atoms with E-state index >= 15 is 0 Å². The molecule has 1 aromatic carbocycles. The monoisotopic (exact) mass is 214 g/mol. The summed E-state index contributed by atoms with van der Waals surface area (Å²) in [5.74, 6) is 0.0363. The molecule has 0 amide bonds. The summed E-state index contributed by atoms with van der Waals surface area (Å²) in [5, 5.41) is 19.2. The summed E-state index contributed by atoms with van der Waals surface area (Å²) in [6.07, 6.45) is -1.80. The van der Waals surface area contributed by atoms with Crippen molar-refractivity contribution in [1.82, 2.24) is 0 Å². The van der Waals surface area contributed by atoms with E-state index in [0.717, 1.165) is 16.7 Å². The highest BCUT2D eigenvalue weighted by atomic mass is 35.5. The van der Waals surface area contributed by atoms with Crippen LogP contribution in [0.4, 0.5) is 0 Å². The van der Waals surface area contributed by atoms with Crippen LogP contribution in [0.3, 0.4) is 0 Å². The van der Waals surface area contributed by atoms with Crippen LogP contribution in [0.5, 0.6) is 0 Å². The van der Waals surface area contributed by atoms with Crippen molar-refractivity contribution in [3.8, 4) is 0 Å². The zero-order valence-electron chi connectivity index (χ0n) is 8.37. The smallest absolute Gasteiger partial charge is 0.106 e. The summed E-state index contributed by atoms with van der Waals surface area (Å²) < 4.78 is 0. The maximum absolute atomic E-state index is 9.76. The molecule has 0 bridgehead atoms. The van der Waals surface area contributed by atoms with Gasteiger partial charge in [-0.05, 0) is 30.5 Å². The molecular weight excluding hydrogens is 200 g/mol. The largest absolute Gasteiger partial charge is 0.389 e. The average molecular weight is 215 g/mol. The predicted octanol–water partition coefficient (Wildman–Crippen LogP) is 1.94. The van der Waals surface area contributed by atoms with Crippen LogP contribution >= 0.6 is 11.6 Å². The maximum Gasteiger partial charge on any atom is 0.106 e. The van der Waals surface area contributed by atoms with Crippen LogP contribution in [-0.4, -0.2) is 22.2 Å². The van der Waals surface area contributed by atoms with Gasteiger partial charge in [0.05, 0.1) is 12.0 Å². The fraction of sp³-hybridized carbons (Fsp3) is 0.455. The number of rotatable bonds is 3. The molecule has 2 unspecified atom stereocenters. The molecule has 78 valence electrons. The quantitative estimate of drug-likeness (QED) is 0.755. The van der Waals surface area contributed by atoms with Gasteiger partial charge in [0.1, 0.15) is 6.10 Å². The number of alkyl halides is 1. The second-order valence-electron chi connectivity index (χ2n) is 3.46. The average Bonchev–Trinajstić information content (AvgIpc) is 2.20. The van der Waals surface area contributed by atoms with Crippen molar-refractivity contribution in [3.63, 3.8) is 0 Å². The molecule has 0 saturated carbocycles. The predicted molar refractivity (Wildman–Crippen MR) is 57.6 cm³/mol. The Bertz CT molecular complexity index is 312. The van der Waals surface area contributed by atoms with E-state index in [1.807, 2.05) is 32.0 Å². The van der Waals surface area contributed by atoms with Crippen LogP contribution in [0.1, 0.15) is 22.8 Å². The van der Waals surface area contributed by atoms with Crippen molar-refractivity contribution in [3.05, 3.63) is 34.9 Å². The summed E-state index contributed by atoms with van der Waals surface area (Å²) >= 11 is 5.48. The molecule has 0 aliphatic rings. The van der Waals surface area contributed by atoms with E-state index in [0.29, 0.717) is 0 Å². The van der Waals surface area contributed by atoms with Crippen molar-refractivity contribution in [2.45, 2.75) is 26.1 Å². The Balaban J connectivity index is 3.01. The molecule has 0 spiro atoms. The van der Waals surface area contributed by atoms with Crippen molar-refractivity contribution in [2.75, 3.05) is 5.88 Å². The summed E-state index contributed by atoms with van der Waals surface area (Å²) in [6, 6.07) is 5.64. The summed E-state index contributed by atoms with van der Waals surface area (Å²) in [7, 11) is 0. The third kappa shape index (κ3) is 2.27. The lowest BCUT2D eigenvalue weighted by Crippen LogP contribution is -2.20. The Morgan fingerprint density at radius 1 is 1.29 bits per heavy atom. The normalized spacial score (nSPS) is 15.2. The first kappa shape index (κ1) is 11.5. The molecule has 0 aliphatic heterocycles. The van der Waals surface area contributed by atoms with E-state index in [1.165, 1.54) is 0 Å². The molecule has 3 heteroatoms. The van der Waals surface area contributed by atoms with Crippen molar-refractivity contribution in [2.24, 2.45) is 0 Å². The Labute approximate surface area is 89.1 Å². The van der Waals surface area contributed by atoms with Crippen LogP contribution in [0.2, 0.25) is 0 Å². The highest BCUT2D eigenvalue weighted by Gasteiger charge is 2.19. The van der Waals surface area contributed by atoms with Gasteiger partial charge in [-0.2, -0.15) is 0 Å². The lowest BCUT2D eigenvalue weighted by Gasteiger charge is -2.18. The van der Waals surface area contributed by atoms with Crippen LogP contribution in [-0.2, 0) is 0 Å². The van der Waals surface area contributed by atoms with Gasteiger partial charge in [0, 0.05) is 0 Å². The fourth-order valence-corrected chi connectivity index (χ4v) is 1.55. The Morgan fingerprint density at radius 2 is 1.93 bits per heavy atom. The molecule has 1 rings (SSSR count). The molecule has 2 atom stereocenters. The number of aliphatic hydroxyl groups is 2. The first-order chi connectivity index (χ1) is 6.57. The first-order valence-corrected chi connectivity index (χ1v) is 5.09. The van der Waals surface area contributed by atoms with Gasteiger partial charge in [-0.1, -0.05) is 18.2 Å². The zero-order valence-corrected chi connectivity index (χ0v) is 9.12. The minimum atomic E-state index is -0.905. The van der Waals surface area contributed by atoms with Crippen LogP contribution in [0.15, 0.2) is 18.2 Å². The molecule has 0 fully saturated rings. The van der Waals surface area contributed by atoms with Crippen LogP contribution < -0.4 is 0 Å². The van der Waals surface area contributed by atoms with E-state index in [2.05, 4.69) is 0 Å². The number of benzene rings is 1. The van der Waals surface area contributed by atoms with Gasteiger partial charge >= 0.3 is 0 Å². The van der Waals surface area contributed by atoms with Gasteiger partial charge in [0.25, 0.3) is 0 Å². The van der Waals surface area contributed by atoms with Gasteiger partial charge in [-0.3, -0.25) is 0 Å². The molecule has 14 heavy (non-hydrogen) atoms. The zero-order chi connectivity index (χ0) is 10.7. The fourth-order valence-electron chi connectivity index (χ4n) is 1.39. The van der Waals surface area contributed by atoms with Crippen molar-refractivity contribution < 1.29 is 10.2 Å². The maximum atomic E-state index is 9.76. The molecule has 0 heterocycles. The molecule has 0 radical (unpaired) electrons. The third-order valence-electron chi connectivity index (χ3n) is 2.49. The molecular formula is C11H15ClO2. The van der Waals surface area contributed by atoms with Gasteiger partial charge < -0.3 is 10.2 Å². The van der Waals surface area contributed by atoms with Gasteiger partial charge in [-0.15, -0.1) is 11.6 Å². The highest BCUT2D eigenvalue weighted by Crippen LogP contribution is 2.23. The Kier molecular flexibility index (Phi) is 3.93. The SMILES string of the molecule is Cc1cccc(C(O)C(O)CCl)c1C. The van der Waals surface area contributed by atoms with Crippen LogP contribution in [0.25, 0.3) is 0 Å². The van der Waals surface area contributed by atoms with Gasteiger partial charge in [0.15, 0.2) is 0 Å². The first-order valence-electron chi connectivity index (χ1n) is 4.56. The number of hydrogen-bond donors (Lipinski definition) is 2. The van der Waals surface area contributed by atoms with E-state index < -0.39 is 12.2 Å². The highest BCUT2D eigenvalue weighted by molar-refractivity contribution is 6.18. The summed E-state index contributed by atoms with van der Waals surface area (Å²) in [4.78, 5) is 0. The lowest BCUT2D eigenvalue weighted by molar-refractivity contribution is 0.0323. The van der Waals surface area contributed by atoms with Crippen molar-refractivity contribution >= 4 is 11.6 Å². The Morgan fingerprint density at radius 3 is 2.50 bits per heavy atom. The number of halogens is 1. The lowest BCUT2D eigenvalue weighted by atomic mass is 9.97. The van der Waals surface area contributed by atoms with Gasteiger partial charge in [-0.25, -0.2) is 0 Å². The molecule has 2 N–H and O–H groups in total. The Hall–Kier alpha value is -0.570. The minimum Gasteiger partial charge on any atom is -0.389 e. The molecule has 0 aromatic heterocycles. The van der Waals surface area contributed by atoms with Crippen molar-refractivity contribution in [1.29, 1.82) is 0 Å². The van der Waals surface area contributed by atoms with E-state index in [4.69, 9.17) is 11.6 Å². The molecule has 0 saturated heterocycles. The minimum absolute atomic E-state index is 0.0363. The standard InChI is InChI=1S/C11H15ClO2/c1-7-4-3-5-9(8(7)2)11(14)10(13)6-12/h3-5,10-11,13-14H,6H2,1-2H3. The third-order valence-corrected chi connectivity index (χ3v) is 2.80. The van der Waals surface area contributed by atoms with E-state index in [9.17, 15) is 10.2 Å². The summed E-state index contributed by atoms with van der Waals surface area (Å²) in [6.45, 7) is 3.90. The molecule has 2 nitrogen and oxygen atoms in total. The number of aryl methyl sites for hydroxylation is 1. The second kappa shape index (κ2) is 4.78. The number of aliphatic hydroxyl groups excluding tert-OH is 2. The summed E-state index contributed by atoms with van der Waals surface area (Å²) in [5.41, 5.74) is 2.85. The second-order valence-corrected chi connectivity index (χ2v) is 3.76. The van der Waals surface area contributed by atoms with Gasteiger partial charge in [0.2, 0.25) is 0 Å². The van der Waals surface area contributed by atoms with E-state index in [1.54, 1.807) is 0 Å². The molecule has 0 aliphatic carbocycles.